The minimum absolute atomic E-state index is 0.637. The molecule has 0 aromatic heterocycles. The van der Waals surface area contributed by atoms with Gasteiger partial charge in [-0.15, -0.1) is 0 Å². The van der Waals surface area contributed by atoms with Crippen LogP contribution in [0.2, 0.25) is 0 Å². The van der Waals surface area contributed by atoms with Crippen LogP contribution in [0.3, 0.4) is 0 Å². The fourth-order valence-corrected chi connectivity index (χ4v) is 8.28. The fourth-order valence-electron chi connectivity index (χ4n) is 8.28. The predicted octanol–water partition coefficient (Wildman–Crippen LogP) is 14.1. The van der Waals surface area contributed by atoms with Crippen LogP contribution >= 0.6 is 0 Å². The molecule has 0 fully saturated rings. The summed E-state index contributed by atoms with van der Waals surface area (Å²) in [5.41, 5.74) is 8.67. The van der Waals surface area contributed by atoms with Gasteiger partial charge in [0.05, 0.1) is 17.3 Å². The summed E-state index contributed by atoms with van der Waals surface area (Å²) in [5.74, 6) is 0. The van der Waals surface area contributed by atoms with Crippen LogP contribution in [0, 0.1) is 11.3 Å². The number of anilines is 3. The second kappa shape index (κ2) is 12.5. The van der Waals surface area contributed by atoms with Gasteiger partial charge in [0, 0.05) is 16.8 Å². The van der Waals surface area contributed by atoms with Gasteiger partial charge in [-0.2, -0.15) is 5.26 Å². The Morgan fingerprint density at radius 2 is 0.830 bits per heavy atom. The van der Waals surface area contributed by atoms with Crippen molar-refractivity contribution in [3.8, 4) is 28.3 Å². The van der Waals surface area contributed by atoms with E-state index in [1.54, 1.807) is 0 Å². The van der Waals surface area contributed by atoms with Gasteiger partial charge in [0.15, 0.2) is 0 Å². The highest BCUT2D eigenvalue weighted by molar-refractivity contribution is 6.23. The van der Waals surface area contributed by atoms with Crippen LogP contribution in [0.4, 0.5) is 17.1 Å². The summed E-state index contributed by atoms with van der Waals surface area (Å²) < 4.78 is 0. The molecule has 0 spiro atoms. The Morgan fingerprint density at radius 3 is 1.45 bits per heavy atom. The van der Waals surface area contributed by atoms with E-state index in [1.807, 2.05) is 24.3 Å². The molecule has 0 atom stereocenters. The van der Waals surface area contributed by atoms with Gasteiger partial charge < -0.3 is 4.90 Å². The van der Waals surface area contributed by atoms with Gasteiger partial charge in [-0.05, 0) is 113 Å². The van der Waals surface area contributed by atoms with Crippen molar-refractivity contribution in [3.63, 3.8) is 0 Å². The van der Waals surface area contributed by atoms with Crippen molar-refractivity contribution in [3.05, 3.63) is 200 Å². The molecule has 0 bridgehead atoms. The molecule has 0 aliphatic rings. The SMILES string of the molecule is N#Cc1ccc(N(c2ccc(-c3c4ccccc4c(-c4cccc5ccccc45)c4ccccc34)cc2)c2cc3ccccc3c3ccccc23)cc1. The lowest BCUT2D eigenvalue weighted by Crippen LogP contribution is -2.10. The number of hydrogen-bond acceptors (Lipinski definition) is 2. The van der Waals surface area contributed by atoms with Crippen molar-refractivity contribution >= 4 is 70.9 Å². The number of rotatable bonds is 5. The average molecular weight is 673 g/mol. The second-order valence-corrected chi connectivity index (χ2v) is 13.6. The highest BCUT2D eigenvalue weighted by Gasteiger charge is 2.20. The van der Waals surface area contributed by atoms with Crippen LogP contribution in [0.5, 0.6) is 0 Å². The van der Waals surface area contributed by atoms with Crippen molar-refractivity contribution in [2.45, 2.75) is 0 Å². The zero-order chi connectivity index (χ0) is 35.3. The van der Waals surface area contributed by atoms with E-state index < -0.39 is 0 Å². The van der Waals surface area contributed by atoms with Gasteiger partial charge in [0.2, 0.25) is 0 Å². The lowest BCUT2D eigenvalue weighted by molar-refractivity contribution is 1.30. The molecule has 2 heteroatoms. The zero-order valence-corrected chi connectivity index (χ0v) is 28.9. The molecule has 246 valence electrons. The maximum absolute atomic E-state index is 9.62. The van der Waals surface area contributed by atoms with Crippen molar-refractivity contribution in [2.24, 2.45) is 0 Å². The monoisotopic (exact) mass is 672 g/mol. The summed E-state index contributed by atoms with van der Waals surface area (Å²) in [5, 5.41) is 21.8. The summed E-state index contributed by atoms with van der Waals surface area (Å²) in [6, 6.07) is 71.7. The number of fused-ring (bicyclic) bond motifs is 6. The molecule has 0 radical (unpaired) electrons. The highest BCUT2D eigenvalue weighted by Crippen LogP contribution is 2.47. The van der Waals surface area contributed by atoms with E-state index in [4.69, 9.17) is 0 Å². The molecular weight excluding hydrogens is 641 g/mol. The molecule has 0 unspecified atom stereocenters. The summed E-state index contributed by atoms with van der Waals surface area (Å²) in [7, 11) is 0. The Morgan fingerprint density at radius 1 is 0.358 bits per heavy atom. The standard InChI is InChI=1S/C51H32N2/c52-33-34-24-28-38(29-25-34)53(49-32-37-13-2-4-16-41(37)42-17-5-6-18-43(42)49)39-30-26-36(27-31-39)50-45-19-7-9-21-47(45)51(48-22-10-8-20-46(48)50)44-23-11-14-35-12-1-3-15-40(35)44/h1-32H. The number of benzene rings is 10. The molecule has 0 saturated carbocycles. The first-order valence-electron chi connectivity index (χ1n) is 18.0. The lowest BCUT2D eigenvalue weighted by atomic mass is 9.85. The van der Waals surface area contributed by atoms with Crippen molar-refractivity contribution in [1.29, 1.82) is 5.26 Å². The molecule has 0 aliphatic heterocycles. The van der Waals surface area contributed by atoms with E-state index in [9.17, 15) is 5.26 Å². The Balaban J connectivity index is 1.19. The van der Waals surface area contributed by atoms with E-state index in [0.29, 0.717) is 5.56 Å². The lowest BCUT2D eigenvalue weighted by Gasteiger charge is -2.28. The maximum Gasteiger partial charge on any atom is 0.0991 e. The maximum atomic E-state index is 9.62. The number of hydrogen-bond donors (Lipinski definition) is 0. The Kier molecular flexibility index (Phi) is 7.23. The Labute approximate surface area is 308 Å². The summed E-state index contributed by atoms with van der Waals surface area (Å²) in [6.07, 6.45) is 0. The first-order chi connectivity index (χ1) is 26.3. The largest absolute Gasteiger partial charge is 0.310 e. The first-order valence-corrected chi connectivity index (χ1v) is 18.0. The van der Waals surface area contributed by atoms with Crippen molar-refractivity contribution in [1.82, 2.24) is 0 Å². The topological polar surface area (TPSA) is 27.0 Å². The van der Waals surface area contributed by atoms with E-state index >= 15 is 0 Å². The molecule has 0 saturated heterocycles. The van der Waals surface area contributed by atoms with Gasteiger partial charge >= 0.3 is 0 Å². The zero-order valence-electron chi connectivity index (χ0n) is 28.9. The molecule has 10 aromatic rings. The predicted molar refractivity (Wildman–Crippen MR) is 224 cm³/mol. The second-order valence-electron chi connectivity index (χ2n) is 13.6. The molecular formula is C51H32N2. The molecule has 0 N–H and O–H groups in total. The van der Waals surface area contributed by atoms with Crippen LogP contribution in [-0.4, -0.2) is 0 Å². The van der Waals surface area contributed by atoms with E-state index in [0.717, 1.165) is 22.6 Å². The first kappa shape index (κ1) is 30.6. The van der Waals surface area contributed by atoms with E-state index in [1.165, 1.54) is 70.6 Å². The van der Waals surface area contributed by atoms with E-state index in [2.05, 4.69) is 181 Å². The minimum atomic E-state index is 0.637. The fraction of sp³-hybridized carbons (Fsp3) is 0. The molecule has 2 nitrogen and oxygen atoms in total. The minimum Gasteiger partial charge on any atom is -0.310 e. The third-order valence-electron chi connectivity index (χ3n) is 10.6. The van der Waals surface area contributed by atoms with Gasteiger partial charge in [-0.3, -0.25) is 0 Å². The normalized spacial score (nSPS) is 11.4. The Hall–Kier alpha value is -7.21. The third-order valence-corrected chi connectivity index (χ3v) is 10.6. The molecule has 10 rings (SSSR count). The number of nitrogens with zero attached hydrogens (tertiary/aromatic N) is 2. The van der Waals surface area contributed by atoms with Gasteiger partial charge in [-0.1, -0.05) is 152 Å². The highest BCUT2D eigenvalue weighted by atomic mass is 15.1. The van der Waals surface area contributed by atoms with Crippen molar-refractivity contribution in [2.75, 3.05) is 4.90 Å². The average Bonchev–Trinajstić information content (AvgIpc) is 3.23. The van der Waals surface area contributed by atoms with Gasteiger partial charge in [0.1, 0.15) is 0 Å². The molecule has 0 heterocycles. The van der Waals surface area contributed by atoms with Crippen LogP contribution in [0.15, 0.2) is 194 Å². The van der Waals surface area contributed by atoms with Crippen molar-refractivity contribution < 1.29 is 0 Å². The van der Waals surface area contributed by atoms with Gasteiger partial charge in [-0.25, -0.2) is 0 Å². The van der Waals surface area contributed by atoms with E-state index in [-0.39, 0.29) is 0 Å². The van der Waals surface area contributed by atoms with Crippen LogP contribution < -0.4 is 4.90 Å². The van der Waals surface area contributed by atoms with Crippen LogP contribution in [-0.2, 0) is 0 Å². The number of nitriles is 1. The summed E-state index contributed by atoms with van der Waals surface area (Å²) >= 11 is 0. The molecule has 10 aromatic carbocycles. The third kappa shape index (κ3) is 5.02. The van der Waals surface area contributed by atoms with Crippen LogP contribution in [0.25, 0.3) is 76.1 Å². The molecule has 53 heavy (non-hydrogen) atoms. The van der Waals surface area contributed by atoms with Gasteiger partial charge in [0.25, 0.3) is 0 Å². The molecule has 0 aliphatic carbocycles. The summed E-state index contributed by atoms with van der Waals surface area (Å²) in [6.45, 7) is 0. The summed E-state index contributed by atoms with van der Waals surface area (Å²) in [4.78, 5) is 2.32. The Bertz CT molecular complexity index is 3000. The van der Waals surface area contributed by atoms with Crippen LogP contribution in [0.1, 0.15) is 5.56 Å². The molecule has 0 amide bonds. The smallest absolute Gasteiger partial charge is 0.0991 e. The quantitative estimate of drug-likeness (QED) is 0.134.